The van der Waals surface area contributed by atoms with Gasteiger partial charge in [-0.3, -0.25) is 4.79 Å². The van der Waals surface area contributed by atoms with E-state index in [4.69, 9.17) is 23.2 Å². The van der Waals surface area contributed by atoms with Crippen molar-refractivity contribution in [3.63, 3.8) is 0 Å². The number of rotatable bonds is 4. The highest BCUT2D eigenvalue weighted by molar-refractivity contribution is 6.31. The van der Waals surface area contributed by atoms with Crippen LogP contribution in [0.4, 0.5) is 0 Å². The zero-order valence-corrected chi connectivity index (χ0v) is 14.4. The zero-order valence-electron chi connectivity index (χ0n) is 12.9. The fourth-order valence-electron chi connectivity index (χ4n) is 2.44. The van der Waals surface area contributed by atoms with Crippen LogP contribution in [-0.4, -0.2) is 17.1 Å². The predicted octanol–water partition coefficient (Wildman–Crippen LogP) is 4.63. The third kappa shape index (κ3) is 3.45. The fraction of sp³-hybridized carbons (Fsp3) is 0.111. The Hall–Kier alpha value is -2.30. The fourth-order valence-corrected chi connectivity index (χ4v) is 2.79. The average molecular weight is 360 g/mol. The first-order valence-corrected chi connectivity index (χ1v) is 8.26. The van der Waals surface area contributed by atoms with Crippen LogP contribution < -0.4 is 5.43 Å². The van der Waals surface area contributed by atoms with E-state index in [-0.39, 0.29) is 5.91 Å². The molecule has 6 heteroatoms. The SMILES string of the molecule is Cc1c(C(=O)NN=Cc2ccc(CCl)cc2)[nH]c2ccc(Cl)cc12. The van der Waals surface area contributed by atoms with Gasteiger partial charge >= 0.3 is 0 Å². The minimum atomic E-state index is -0.298. The van der Waals surface area contributed by atoms with Gasteiger partial charge in [0.2, 0.25) is 0 Å². The first-order valence-electron chi connectivity index (χ1n) is 7.34. The van der Waals surface area contributed by atoms with Crippen molar-refractivity contribution in [2.45, 2.75) is 12.8 Å². The van der Waals surface area contributed by atoms with Crippen LogP contribution in [0.1, 0.15) is 27.2 Å². The van der Waals surface area contributed by atoms with Crippen molar-refractivity contribution >= 4 is 46.2 Å². The van der Waals surface area contributed by atoms with Gasteiger partial charge in [0.05, 0.1) is 6.21 Å². The number of hydrazone groups is 1. The number of amides is 1. The molecule has 0 fully saturated rings. The van der Waals surface area contributed by atoms with Crippen LogP contribution in [0.25, 0.3) is 10.9 Å². The molecule has 2 aromatic carbocycles. The highest BCUT2D eigenvalue weighted by atomic mass is 35.5. The third-order valence-electron chi connectivity index (χ3n) is 3.76. The molecule has 0 atom stereocenters. The number of halogens is 2. The molecule has 0 unspecified atom stereocenters. The average Bonchev–Trinajstić information content (AvgIpc) is 2.92. The lowest BCUT2D eigenvalue weighted by Crippen LogP contribution is -2.18. The second kappa shape index (κ2) is 7.07. The van der Waals surface area contributed by atoms with Gasteiger partial charge in [-0.1, -0.05) is 35.9 Å². The van der Waals surface area contributed by atoms with E-state index in [0.717, 1.165) is 27.6 Å². The molecule has 0 saturated carbocycles. The second-order valence-electron chi connectivity index (χ2n) is 5.39. The third-order valence-corrected chi connectivity index (χ3v) is 4.30. The van der Waals surface area contributed by atoms with Crippen molar-refractivity contribution in [2.75, 3.05) is 0 Å². The number of hydrogen-bond acceptors (Lipinski definition) is 2. The number of benzene rings is 2. The van der Waals surface area contributed by atoms with Crippen LogP contribution in [0, 0.1) is 6.92 Å². The molecule has 1 amide bonds. The van der Waals surface area contributed by atoms with Crippen molar-refractivity contribution in [3.8, 4) is 0 Å². The van der Waals surface area contributed by atoms with E-state index in [1.165, 1.54) is 0 Å². The molecule has 0 spiro atoms. The van der Waals surface area contributed by atoms with Gasteiger partial charge in [-0.25, -0.2) is 5.43 Å². The van der Waals surface area contributed by atoms with Crippen molar-refractivity contribution < 1.29 is 4.79 Å². The van der Waals surface area contributed by atoms with Crippen LogP contribution in [0.5, 0.6) is 0 Å². The van der Waals surface area contributed by atoms with Crippen molar-refractivity contribution in [2.24, 2.45) is 5.10 Å². The topological polar surface area (TPSA) is 57.2 Å². The van der Waals surface area contributed by atoms with Crippen LogP contribution in [-0.2, 0) is 5.88 Å². The molecule has 0 bridgehead atoms. The predicted molar refractivity (Wildman–Crippen MR) is 99.1 cm³/mol. The van der Waals surface area contributed by atoms with E-state index in [0.29, 0.717) is 16.6 Å². The summed E-state index contributed by atoms with van der Waals surface area (Å²) < 4.78 is 0. The lowest BCUT2D eigenvalue weighted by atomic mass is 10.1. The molecule has 0 aliphatic carbocycles. The van der Waals surface area contributed by atoms with Gasteiger partial charge in [0.1, 0.15) is 5.69 Å². The Kier molecular flexibility index (Phi) is 4.88. The Morgan fingerprint density at radius 2 is 2.00 bits per heavy atom. The summed E-state index contributed by atoms with van der Waals surface area (Å²) in [6, 6.07) is 13.1. The maximum atomic E-state index is 12.3. The smallest absolute Gasteiger partial charge is 0.288 e. The summed E-state index contributed by atoms with van der Waals surface area (Å²) in [7, 11) is 0. The molecular weight excluding hydrogens is 345 g/mol. The molecule has 24 heavy (non-hydrogen) atoms. The summed E-state index contributed by atoms with van der Waals surface area (Å²) in [5.41, 5.74) is 6.62. The number of alkyl halides is 1. The van der Waals surface area contributed by atoms with Gasteiger partial charge in [-0.15, -0.1) is 11.6 Å². The Morgan fingerprint density at radius 3 is 2.71 bits per heavy atom. The van der Waals surface area contributed by atoms with Gasteiger partial charge in [0.25, 0.3) is 5.91 Å². The summed E-state index contributed by atoms with van der Waals surface area (Å²) in [5, 5.41) is 5.56. The van der Waals surface area contributed by atoms with E-state index >= 15 is 0 Å². The number of carbonyl (C=O) groups excluding carboxylic acids is 1. The standard InChI is InChI=1S/C18H15Cl2N3O/c1-11-15-8-14(20)6-7-16(15)22-17(11)18(24)23-21-10-13-4-2-12(9-19)3-5-13/h2-8,10,22H,9H2,1H3,(H,23,24). The van der Waals surface area contributed by atoms with Gasteiger partial charge in [0.15, 0.2) is 0 Å². The molecule has 0 saturated heterocycles. The van der Waals surface area contributed by atoms with Crippen molar-refractivity contribution in [3.05, 3.63) is 69.9 Å². The molecule has 1 heterocycles. The number of aryl methyl sites for hydroxylation is 1. The van der Waals surface area contributed by atoms with Crippen LogP contribution >= 0.6 is 23.2 Å². The number of nitrogens with one attached hydrogen (secondary N) is 2. The number of hydrogen-bond donors (Lipinski definition) is 2. The first kappa shape index (κ1) is 16.6. The van der Waals surface area contributed by atoms with Crippen LogP contribution in [0.15, 0.2) is 47.6 Å². The normalized spacial score (nSPS) is 11.3. The molecule has 122 valence electrons. The summed E-state index contributed by atoms with van der Waals surface area (Å²) in [6.45, 7) is 1.87. The number of aromatic amines is 1. The molecule has 3 rings (SSSR count). The number of H-pyrrole nitrogens is 1. The summed E-state index contributed by atoms with van der Waals surface area (Å²) in [4.78, 5) is 15.4. The molecule has 0 radical (unpaired) electrons. The number of aromatic nitrogens is 1. The Balaban J connectivity index is 1.75. The van der Waals surface area contributed by atoms with E-state index < -0.39 is 0 Å². The molecule has 0 aliphatic rings. The van der Waals surface area contributed by atoms with Gasteiger partial charge < -0.3 is 4.98 Å². The van der Waals surface area contributed by atoms with Gasteiger partial charge in [-0.2, -0.15) is 5.10 Å². The van der Waals surface area contributed by atoms with Crippen LogP contribution in [0.3, 0.4) is 0 Å². The Labute approximate surface area is 149 Å². The molecule has 1 aromatic heterocycles. The van der Waals surface area contributed by atoms with E-state index in [1.807, 2.05) is 43.3 Å². The highest BCUT2D eigenvalue weighted by Crippen LogP contribution is 2.24. The number of carbonyl (C=O) groups is 1. The second-order valence-corrected chi connectivity index (χ2v) is 6.09. The minimum absolute atomic E-state index is 0.298. The van der Waals surface area contributed by atoms with Crippen molar-refractivity contribution in [1.82, 2.24) is 10.4 Å². The van der Waals surface area contributed by atoms with E-state index in [1.54, 1.807) is 12.3 Å². The zero-order chi connectivity index (χ0) is 17.1. The van der Waals surface area contributed by atoms with Crippen molar-refractivity contribution in [1.29, 1.82) is 0 Å². The monoisotopic (exact) mass is 359 g/mol. The lowest BCUT2D eigenvalue weighted by molar-refractivity contribution is 0.0950. The maximum absolute atomic E-state index is 12.3. The minimum Gasteiger partial charge on any atom is -0.350 e. The number of nitrogens with zero attached hydrogens (tertiary/aromatic N) is 1. The highest BCUT2D eigenvalue weighted by Gasteiger charge is 2.14. The van der Waals surface area contributed by atoms with E-state index in [2.05, 4.69) is 15.5 Å². The molecular formula is C18H15Cl2N3O. The number of fused-ring (bicyclic) bond motifs is 1. The quantitative estimate of drug-likeness (QED) is 0.398. The summed E-state index contributed by atoms with van der Waals surface area (Å²) in [6.07, 6.45) is 1.59. The Bertz CT molecular complexity index is 914. The van der Waals surface area contributed by atoms with Gasteiger partial charge in [0, 0.05) is 21.8 Å². The van der Waals surface area contributed by atoms with Gasteiger partial charge in [-0.05, 0) is 41.8 Å². The summed E-state index contributed by atoms with van der Waals surface area (Å²) >= 11 is 11.8. The molecule has 3 aromatic rings. The van der Waals surface area contributed by atoms with E-state index in [9.17, 15) is 4.79 Å². The Morgan fingerprint density at radius 1 is 1.25 bits per heavy atom. The molecule has 4 nitrogen and oxygen atoms in total. The largest absolute Gasteiger partial charge is 0.350 e. The molecule has 2 N–H and O–H groups in total. The maximum Gasteiger partial charge on any atom is 0.288 e. The van der Waals surface area contributed by atoms with Crippen LogP contribution in [0.2, 0.25) is 5.02 Å². The summed E-state index contributed by atoms with van der Waals surface area (Å²) in [5.74, 6) is 0.172. The lowest BCUT2D eigenvalue weighted by Gasteiger charge is -1.99. The molecule has 0 aliphatic heterocycles. The first-order chi connectivity index (χ1) is 11.6.